The van der Waals surface area contributed by atoms with Crippen molar-refractivity contribution in [3.8, 4) is 11.5 Å². The Labute approximate surface area is 191 Å². The van der Waals surface area contributed by atoms with Gasteiger partial charge in [0, 0.05) is 0 Å². The van der Waals surface area contributed by atoms with Gasteiger partial charge in [0.1, 0.15) is 18.8 Å². The van der Waals surface area contributed by atoms with Gasteiger partial charge in [-0.1, -0.05) is 19.9 Å². The monoisotopic (exact) mass is 471 g/mol. The van der Waals surface area contributed by atoms with Crippen LogP contribution < -0.4 is 15.2 Å². The minimum absolute atomic E-state index is 0.00111. The van der Waals surface area contributed by atoms with Gasteiger partial charge in [0.25, 0.3) is 0 Å². The first kappa shape index (κ1) is 27.5. The van der Waals surface area contributed by atoms with Crippen LogP contribution in [0.4, 0.5) is 14.4 Å². The molecule has 0 aliphatic rings. The maximum atomic E-state index is 12.3. The molecule has 0 heterocycles. The fraction of sp³-hybridized carbons (Fsp3) is 0.524. The van der Waals surface area contributed by atoms with Gasteiger partial charge in [-0.2, -0.15) is 0 Å². The summed E-state index contributed by atoms with van der Waals surface area (Å²) < 4.78 is 33.6. The summed E-state index contributed by atoms with van der Waals surface area (Å²) >= 11 is 0. The summed E-state index contributed by atoms with van der Waals surface area (Å²) in [6, 6.07) is 3.10. The molecule has 0 fully saturated rings. The smallest absolute Gasteiger partial charge is 0.458 e. The predicted octanol–water partition coefficient (Wildman–Crippen LogP) is 2.59. The summed E-state index contributed by atoms with van der Waals surface area (Å²) in [6.45, 7) is 5.29. The average molecular weight is 471 g/mol. The molecule has 0 radical (unpaired) electrons. The summed E-state index contributed by atoms with van der Waals surface area (Å²) in [4.78, 5) is 46.6. The molecule has 0 unspecified atom stereocenters. The summed E-state index contributed by atoms with van der Waals surface area (Å²) in [7, 11) is 2.22. The number of hydrogen-bond acceptors (Lipinski definition) is 12. The third-order valence-electron chi connectivity index (χ3n) is 3.77. The topological polar surface area (TPSA) is 159 Å². The fourth-order valence-electron chi connectivity index (χ4n) is 2.23. The molecule has 1 aromatic rings. The molecule has 12 heteroatoms. The molecule has 184 valence electrons. The highest BCUT2D eigenvalue weighted by molar-refractivity contribution is 5.76. The Morgan fingerprint density at radius 2 is 1.42 bits per heavy atom. The van der Waals surface area contributed by atoms with Gasteiger partial charge >= 0.3 is 24.4 Å². The number of ether oxygens (including phenoxy) is 7. The Balaban J connectivity index is 2.70. The van der Waals surface area contributed by atoms with Crippen molar-refractivity contribution >= 4 is 24.4 Å². The van der Waals surface area contributed by atoms with Crippen molar-refractivity contribution in [2.24, 2.45) is 11.7 Å². The number of methoxy groups -OCH3 is 2. The molecule has 0 spiro atoms. The molecule has 0 bridgehead atoms. The second-order valence-electron chi connectivity index (χ2n) is 7.22. The summed E-state index contributed by atoms with van der Waals surface area (Å²) in [6.07, 6.45) is -3.69. The number of rotatable bonds is 10. The third-order valence-corrected chi connectivity index (χ3v) is 3.77. The van der Waals surface area contributed by atoms with Crippen LogP contribution in [0.25, 0.3) is 0 Å². The van der Waals surface area contributed by atoms with Crippen molar-refractivity contribution in [3.63, 3.8) is 0 Å². The highest BCUT2D eigenvalue weighted by Gasteiger charge is 2.22. The standard InChI is InChI=1S/C21H29NO11/c1-12(2)10-29-21(26)30-11-13(3)31-18(23)15(22)8-14-6-7-16(32-19(24)27-4)17(9-14)33-20(25)28-5/h6-7,9,12-13,15H,8,10-11,22H2,1-5H3/t13-,15-/m0/s1. The van der Waals surface area contributed by atoms with Gasteiger partial charge in [0.2, 0.25) is 0 Å². The molecule has 1 aromatic carbocycles. The van der Waals surface area contributed by atoms with Gasteiger partial charge in [-0.3, -0.25) is 4.79 Å². The van der Waals surface area contributed by atoms with Crippen LogP contribution in [0.3, 0.4) is 0 Å². The van der Waals surface area contributed by atoms with E-state index in [2.05, 4.69) is 9.47 Å². The lowest BCUT2D eigenvalue weighted by Gasteiger charge is -2.17. The van der Waals surface area contributed by atoms with E-state index in [0.717, 1.165) is 14.2 Å². The number of nitrogens with two attached hydrogens (primary N) is 1. The van der Waals surface area contributed by atoms with Crippen LogP contribution in [-0.2, 0) is 34.9 Å². The van der Waals surface area contributed by atoms with Crippen LogP contribution in [0.2, 0.25) is 0 Å². The second kappa shape index (κ2) is 13.8. The predicted molar refractivity (Wildman–Crippen MR) is 112 cm³/mol. The van der Waals surface area contributed by atoms with Crippen LogP contribution in [0.5, 0.6) is 11.5 Å². The van der Waals surface area contributed by atoms with Gasteiger partial charge in [-0.25, -0.2) is 14.4 Å². The highest BCUT2D eigenvalue weighted by atomic mass is 16.7. The van der Waals surface area contributed by atoms with Crippen LogP contribution in [0, 0.1) is 5.92 Å². The van der Waals surface area contributed by atoms with E-state index >= 15 is 0 Å². The summed E-state index contributed by atoms with van der Waals surface area (Å²) in [5.74, 6) is -0.841. The second-order valence-corrected chi connectivity index (χ2v) is 7.22. The summed E-state index contributed by atoms with van der Waals surface area (Å²) in [5.41, 5.74) is 6.38. The molecule has 33 heavy (non-hydrogen) atoms. The highest BCUT2D eigenvalue weighted by Crippen LogP contribution is 2.29. The van der Waals surface area contributed by atoms with Crippen LogP contribution in [-0.4, -0.2) is 64.0 Å². The molecule has 2 N–H and O–H groups in total. The maximum absolute atomic E-state index is 12.3. The molecular weight excluding hydrogens is 442 g/mol. The van der Waals surface area contributed by atoms with Crippen molar-refractivity contribution in [1.82, 2.24) is 0 Å². The SMILES string of the molecule is COC(=O)Oc1ccc(C[C@H](N)C(=O)O[C@@H](C)COC(=O)OCC(C)C)cc1OC(=O)OC. The normalized spacial score (nSPS) is 12.2. The van der Waals surface area contributed by atoms with Crippen LogP contribution in [0.15, 0.2) is 18.2 Å². The lowest BCUT2D eigenvalue weighted by atomic mass is 10.1. The number of carbonyl (C=O) groups excluding carboxylic acids is 4. The van der Waals surface area contributed by atoms with Crippen molar-refractivity contribution in [1.29, 1.82) is 0 Å². The largest absolute Gasteiger partial charge is 0.513 e. The lowest BCUT2D eigenvalue weighted by Crippen LogP contribution is -2.37. The first-order chi connectivity index (χ1) is 15.5. The molecule has 12 nitrogen and oxygen atoms in total. The van der Waals surface area contributed by atoms with E-state index in [1.807, 2.05) is 13.8 Å². The number of benzene rings is 1. The van der Waals surface area contributed by atoms with E-state index in [1.54, 1.807) is 0 Å². The zero-order valence-corrected chi connectivity index (χ0v) is 19.2. The van der Waals surface area contributed by atoms with Crippen molar-refractivity contribution in [2.45, 2.75) is 39.3 Å². The Morgan fingerprint density at radius 1 is 0.848 bits per heavy atom. The molecule has 0 aromatic heterocycles. The quantitative estimate of drug-likeness (QED) is 0.302. The number of carbonyl (C=O) groups is 4. The summed E-state index contributed by atoms with van der Waals surface area (Å²) in [5, 5.41) is 0. The Morgan fingerprint density at radius 3 is 2.00 bits per heavy atom. The molecule has 0 saturated heterocycles. The number of hydrogen-bond donors (Lipinski definition) is 1. The first-order valence-corrected chi connectivity index (χ1v) is 9.95. The molecule has 0 aliphatic heterocycles. The Kier molecular flexibility index (Phi) is 11.5. The molecule has 0 aliphatic carbocycles. The molecular formula is C21H29NO11. The van der Waals surface area contributed by atoms with E-state index in [9.17, 15) is 19.2 Å². The zero-order valence-electron chi connectivity index (χ0n) is 19.2. The average Bonchev–Trinajstić information content (AvgIpc) is 2.77. The van der Waals surface area contributed by atoms with Crippen molar-refractivity contribution in [2.75, 3.05) is 27.4 Å². The van der Waals surface area contributed by atoms with Gasteiger partial charge in [0.05, 0.1) is 20.8 Å². The van der Waals surface area contributed by atoms with Gasteiger partial charge in [0.15, 0.2) is 11.5 Å². The first-order valence-electron chi connectivity index (χ1n) is 9.95. The van der Waals surface area contributed by atoms with E-state index in [4.69, 9.17) is 29.4 Å². The van der Waals surface area contributed by atoms with Crippen molar-refractivity contribution < 1.29 is 52.3 Å². The van der Waals surface area contributed by atoms with Gasteiger partial charge in [-0.05, 0) is 37.0 Å². The zero-order chi connectivity index (χ0) is 25.0. The van der Waals surface area contributed by atoms with Crippen LogP contribution >= 0.6 is 0 Å². The maximum Gasteiger partial charge on any atom is 0.513 e. The molecule has 2 atom stereocenters. The number of esters is 1. The van der Waals surface area contributed by atoms with Gasteiger partial charge in [-0.15, -0.1) is 0 Å². The molecule has 0 saturated carbocycles. The molecule has 1 rings (SSSR count). The molecule has 0 amide bonds. The van der Waals surface area contributed by atoms with E-state index in [-0.39, 0.29) is 37.1 Å². The van der Waals surface area contributed by atoms with Crippen LogP contribution in [0.1, 0.15) is 26.3 Å². The van der Waals surface area contributed by atoms with E-state index in [0.29, 0.717) is 5.56 Å². The Bertz CT molecular complexity index is 824. The minimum Gasteiger partial charge on any atom is -0.458 e. The van der Waals surface area contributed by atoms with E-state index < -0.39 is 36.6 Å². The third kappa shape index (κ3) is 10.5. The minimum atomic E-state index is -1.08. The van der Waals surface area contributed by atoms with Crippen molar-refractivity contribution in [3.05, 3.63) is 23.8 Å². The fourth-order valence-corrected chi connectivity index (χ4v) is 2.23. The Hall–Kier alpha value is -3.54. The van der Waals surface area contributed by atoms with Gasteiger partial charge < -0.3 is 38.9 Å². The van der Waals surface area contributed by atoms with E-state index in [1.165, 1.54) is 25.1 Å². The lowest BCUT2D eigenvalue weighted by molar-refractivity contribution is -0.152.